The Kier molecular flexibility index (Phi) is 10.3. The van der Waals surface area contributed by atoms with E-state index in [-0.39, 0.29) is 49.5 Å². The van der Waals surface area contributed by atoms with Crippen molar-refractivity contribution in [1.29, 1.82) is 0 Å². The summed E-state index contributed by atoms with van der Waals surface area (Å²) in [6.07, 6.45) is 2.15. The number of thioether (sulfide) groups is 1. The summed E-state index contributed by atoms with van der Waals surface area (Å²) in [5, 5.41) is 26.5. The van der Waals surface area contributed by atoms with Gasteiger partial charge in [-0.05, 0) is 62.9 Å². The first-order valence-corrected chi connectivity index (χ1v) is 18.5. The molecule has 0 aliphatic carbocycles. The number of ether oxygens (including phenoxy) is 1. The molecule has 0 amide bonds. The van der Waals surface area contributed by atoms with Gasteiger partial charge in [-0.3, -0.25) is 4.90 Å². The van der Waals surface area contributed by atoms with Crippen molar-refractivity contribution in [2.24, 2.45) is 0 Å². The first kappa shape index (κ1) is 34.9. The van der Waals surface area contributed by atoms with Gasteiger partial charge < -0.3 is 25.4 Å². The van der Waals surface area contributed by atoms with Crippen LogP contribution in [0.15, 0.2) is 47.4 Å². The number of halogens is 3. The fraction of sp³-hybridized carbons (Fsp3) is 0.389. The molecule has 1 atom stereocenters. The van der Waals surface area contributed by atoms with Crippen molar-refractivity contribution >= 4 is 51.5 Å². The number of anilines is 4. The maximum Gasteiger partial charge on any atom is 0.355 e. The minimum Gasteiger partial charge on any atom is -0.491 e. The van der Waals surface area contributed by atoms with Crippen LogP contribution in [0.2, 0.25) is 0 Å². The maximum atomic E-state index is 14.8. The number of nitrogens with zero attached hydrogens (tertiary/aromatic N) is 5. The number of carbonyl (C=O) groups is 1. The number of likely N-dealkylation sites (tertiary alicyclic amines) is 1. The lowest BCUT2D eigenvalue weighted by molar-refractivity contribution is -0.0527. The predicted octanol–water partition coefficient (Wildman–Crippen LogP) is 7.17. The van der Waals surface area contributed by atoms with Gasteiger partial charge in [-0.25, -0.2) is 22.9 Å². The van der Waals surface area contributed by atoms with Gasteiger partial charge in [-0.15, -0.1) is 21.5 Å². The van der Waals surface area contributed by atoms with Crippen LogP contribution in [0.4, 0.5) is 35.6 Å². The molecule has 0 spiro atoms. The molecule has 0 saturated carbocycles. The van der Waals surface area contributed by atoms with E-state index >= 15 is 0 Å². The molecule has 4 aromatic rings. The van der Waals surface area contributed by atoms with Crippen molar-refractivity contribution < 1.29 is 27.8 Å². The third kappa shape index (κ3) is 8.03. The SMILES string of the molecule is Cc1c(NC2Nc3ccccc3S2)nnc2c1CCCN2c1nc(C(=O)O)c(CCCOc2ccc(C#CCN3CCC(F)(F)CC3)cc2F)s1. The standard InChI is InChI=1S/C36H36F3N7O3S2/c1-22-24-8-5-17-46(32(24)44-43-31(22)42-34-40-26-9-2-3-10-28(26)50-34)35-41-30(33(47)48)29(51-35)11-6-20-49-27-13-12-23(21-25(27)37)7-4-16-45-18-14-36(38,39)15-19-45/h2-3,9-10,12-13,21,34,40H,5-6,8,11,14-20H2,1H3,(H,42,43)(H,47,48). The molecule has 1 saturated heterocycles. The van der Waals surface area contributed by atoms with E-state index in [9.17, 15) is 23.1 Å². The Morgan fingerprint density at radius 2 is 2.00 bits per heavy atom. The molecule has 0 radical (unpaired) electrons. The average molecular weight is 736 g/mol. The number of aromatic carboxylic acids is 1. The molecule has 2 aromatic carbocycles. The normalized spacial score (nSPS) is 17.9. The lowest BCUT2D eigenvalue weighted by Crippen LogP contribution is -2.39. The van der Waals surface area contributed by atoms with E-state index in [4.69, 9.17) is 4.74 Å². The van der Waals surface area contributed by atoms with E-state index in [0.717, 1.165) is 29.7 Å². The van der Waals surface area contributed by atoms with Crippen LogP contribution in [0.1, 0.15) is 57.7 Å². The summed E-state index contributed by atoms with van der Waals surface area (Å²) in [4.78, 5) is 22.3. The number of nitrogens with one attached hydrogen (secondary N) is 2. The minimum absolute atomic E-state index is 0.0126. The molecule has 7 rings (SSSR count). The summed E-state index contributed by atoms with van der Waals surface area (Å²) in [6, 6.07) is 12.6. The van der Waals surface area contributed by atoms with Crippen LogP contribution < -0.4 is 20.3 Å². The van der Waals surface area contributed by atoms with Crippen molar-refractivity contribution in [1.82, 2.24) is 20.1 Å². The van der Waals surface area contributed by atoms with E-state index < -0.39 is 17.7 Å². The Hall–Kier alpha value is -4.52. The van der Waals surface area contributed by atoms with Gasteiger partial charge in [-0.1, -0.05) is 35.7 Å². The van der Waals surface area contributed by atoms with Crippen LogP contribution in [-0.2, 0) is 12.8 Å². The number of piperidine rings is 1. The lowest BCUT2D eigenvalue weighted by Gasteiger charge is -2.30. The molecular formula is C36H36F3N7O3S2. The quantitative estimate of drug-likeness (QED) is 0.114. The zero-order valence-electron chi connectivity index (χ0n) is 27.8. The van der Waals surface area contributed by atoms with E-state index in [1.807, 2.05) is 34.9 Å². The van der Waals surface area contributed by atoms with Crippen LogP contribution in [0.3, 0.4) is 0 Å². The van der Waals surface area contributed by atoms with Gasteiger partial charge in [0, 0.05) is 58.9 Å². The van der Waals surface area contributed by atoms with E-state index in [1.165, 1.54) is 28.4 Å². The van der Waals surface area contributed by atoms with Crippen LogP contribution >= 0.6 is 23.1 Å². The topological polar surface area (TPSA) is 116 Å². The molecule has 3 N–H and O–H groups in total. The second-order valence-corrected chi connectivity index (χ2v) is 14.8. The fourth-order valence-corrected chi connectivity index (χ4v) is 8.42. The Morgan fingerprint density at radius 1 is 1.18 bits per heavy atom. The van der Waals surface area contributed by atoms with Crippen LogP contribution in [0.25, 0.3) is 0 Å². The summed E-state index contributed by atoms with van der Waals surface area (Å²) in [5.41, 5.74) is 3.49. The Labute approximate surface area is 301 Å². The summed E-state index contributed by atoms with van der Waals surface area (Å²) < 4.78 is 47.2. The molecular weight excluding hydrogens is 700 g/mol. The molecule has 10 nitrogen and oxygen atoms in total. The highest BCUT2D eigenvalue weighted by atomic mass is 32.2. The van der Waals surface area contributed by atoms with Crippen LogP contribution in [0, 0.1) is 24.6 Å². The minimum atomic E-state index is -2.61. The summed E-state index contributed by atoms with van der Waals surface area (Å²) >= 11 is 2.99. The Balaban J connectivity index is 0.955. The zero-order valence-corrected chi connectivity index (χ0v) is 29.5. The number of hydrogen-bond donors (Lipinski definition) is 3. The second-order valence-electron chi connectivity index (χ2n) is 12.6. The predicted molar refractivity (Wildman–Crippen MR) is 192 cm³/mol. The number of hydrogen-bond acceptors (Lipinski definition) is 11. The molecule has 2 aromatic heterocycles. The van der Waals surface area contributed by atoms with Crippen molar-refractivity contribution in [3.05, 3.63) is 75.5 Å². The first-order chi connectivity index (χ1) is 24.6. The van der Waals surface area contributed by atoms with Crippen molar-refractivity contribution in [3.8, 4) is 17.6 Å². The number of thiazole rings is 1. The van der Waals surface area contributed by atoms with Crippen LogP contribution in [0.5, 0.6) is 5.75 Å². The number of alkyl halides is 2. The molecule has 266 valence electrons. The molecule has 51 heavy (non-hydrogen) atoms. The fourth-order valence-electron chi connectivity index (χ4n) is 6.27. The first-order valence-electron chi connectivity index (χ1n) is 16.8. The lowest BCUT2D eigenvalue weighted by atomic mass is 10.0. The summed E-state index contributed by atoms with van der Waals surface area (Å²) in [7, 11) is 0. The maximum absolute atomic E-state index is 14.8. The molecule has 15 heteroatoms. The number of carboxylic acid groups (broad SMARTS) is 1. The number of para-hydroxylation sites is 1. The van der Waals surface area contributed by atoms with Gasteiger partial charge in [0.1, 0.15) is 0 Å². The number of aryl methyl sites for hydroxylation is 1. The van der Waals surface area contributed by atoms with Gasteiger partial charge in [-0.2, -0.15) is 0 Å². The molecule has 0 bridgehead atoms. The highest BCUT2D eigenvalue weighted by Crippen LogP contribution is 2.41. The van der Waals surface area contributed by atoms with E-state index in [1.54, 1.807) is 17.8 Å². The second kappa shape index (κ2) is 15.0. The number of fused-ring (bicyclic) bond motifs is 2. The molecule has 5 heterocycles. The Bertz CT molecular complexity index is 1970. The van der Waals surface area contributed by atoms with E-state index in [0.29, 0.717) is 53.1 Å². The summed E-state index contributed by atoms with van der Waals surface area (Å²) in [5.74, 6) is 2.99. The molecule has 3 aliphatic heterocycles. The van der Waals surface area contributed by atoms with E-state index in [2.05, 4.69) is 43.7 Å². The summed E-state index contributed by atoms with van der Waals surface area (Å²) in [6.45, 7) is 3.74. The number of benzene rings is 2. The van der Waals surface area contributed by atoms with Gasteiger partial charge >= 0.3 is 5.97 Å². The molecule has 1 fully saturated rings. The average Bonchev–Trinajstić information content (AvgIpc) is 3.73. The highest BCUT2D eigenvalue weighted by molar-refractivity contribution is 8.00. The monoisotopic (exact) mass is 735 g/mol. The van der Waals surface area contributed by atoms with Gasteiger partial charge in [0.05, 0.1) is 18.8 Å². The smallest absolute Gasteiger partial charge is 0.355 e. The van der Waals surface area contributed by atoms with Gasteiger partial charge in [0.2, 0.25) is 0 Å². The number of aromatic nitrogens is 3. The van der Waals surface area contributed by atoms with Crippen LogP contribution in [-0.4, -0.2) is 75.4 Å². The van der Waals surface area contributed by atoms with Crippen molar-refractivity contribution in [3.63, 3.8) is 0 Å². The van der Waals surface area contributed by atoms with Gasteiger partial charge in [0.25, 0.3) is 5.92 Å². The van der Waals surface area contributed by atoms with Gasteiger partial charge in [0.15, 0.2) is 39.5 Å². The highest BCUT2D eigenvalue weighted by Gasteiger charge is 2.33. The number of rotatable bonds is 10. The number of carboxylic acids is 1. The third-order valence-electron chi connectivity index (χ3n) is 9.05. The Morgan fingerprint density at radius 3 is 2.78 bits per heavy atom. The van der Waals surface area contributed by atoms with Crippen molar-refractivity contribution in [2.75, 3.05) is 48.3 Å². The van der Waals surface area contributed by atoms with Crippen molar-refractivity contribution in [2.45, 2.75) is 61.8 Å². The third-order valence-corrected chi connectivity index (χ3v) is 11.3. The largest absolute Gasteiger partial charge is 0.491 e. The zero-order chi connectivity index (χ0) is 35.5. The molecule has 3 aliphatic rings. The molecule has 1 unspecified atom stereocenters.